The average Bonchev–Trinajstić information content (AvgIpc) is 2.39. The van der Waals surface area contributed by atoms with Gasteiger partial charge >= 0.3 is 0 Å². The Balaban J connectivity index is 2.19. The third kappa shape index (κ3) is 3.58. The van der Waals surface area contributed by atoms with E-state index in [0.29, 0.717) is 5.75 Å². The van der Waals surface area contributed by atoms with Crippen molar-refractivity contribution in [3.63, 3.8) is 0 Å². The molecule has 0 atom stereocenters. The summed E-state index contributed by atoms with van der Waals surface area (Å²) in [5.41, 5.74) is 0. The van der Waals surface area contributed by atoms with Gasteiger partial charge in [0.1, 0.15) is 0 Å². The molecule has 14 heavy (non-hydrogen) atoms. The Labute approximate surface area is 87.5 Å². The van der Waals surface area contributed by atoms with Crippen LogP contribution in [0.1, 0.15) is 39.5 Å². The first-order valence-electron chi connectivity index (χ1n) is 5.50. The van der Waals surface area contributed by atoms with Crippen molar-refractivity contribution in [3.05, 3.63) is 0 Å². The minimum absolute atomic E-state index is 0.358. The van der Waals surface area contributed by atoms with Crippen molar-refractivity contribution in [3.8, 4) is 0 Å². The van der Waals surface area contributed by atoms with Crippen LogP contribution in [0.25, 0.3) is 0 Å². The molecule has 0 radical (unpaired) electrons. The number of unbranched alkanes of at least 4 members (excludes halogenated alkanes) is 1. The van der Waals surface area contributed by atoms with Crippen LogP contribution in [-0.4, -0.2) is 31.6 Å². The molecule has 1 fully saturated rings. The van der Waals surface area contributed by atoms with Gasteiger partial charge in [0.05, 0.1) is 5.75 Å². The summed E-state index contributed by atoms with van der Waals surface area (Å²) in [4.78, 5) is 0. The van der Waals surface area contributed by atoms with Crippen LogP contribution >= 0.6 is 0 Å². The zero-order chi connectivity index (χ0) is 10.6. The lowest BCUT2D eigenvalue weighted by Gasteiger charge is -2.14. The van der Waals surface area contributed by atoms with Crippen LogP contribution in [0.5, 0.6) is 0 Å². The Morgan fingerprint density at radius 2 is 2.00 bits per heavy atom. The van der Waals surface area contributed by atoms with Crippen molar-refractivity contribution in [1.82, 2.24) is 4.31 Å². The normalized spacial score (nSPS) is 21.9. The summed E-state index contributed by atoms with van der Waals surface area (Å²) in [5, 5.41) is 0. The first kappa shape index (κ1) is 12.0. The van der Waals surface area contributed by atoms with E-state index in [4.69, 9.17) is 0 Å². The van der Waals surface area contributed by atoms with E-state index in [9.17, 15) is 8.42 Å². The van der Waals surface area contributed by atoms with Crippen LogP contribution in [0.2, 0.25) is 0 Å². The summed E-state index contributed by atoms with van der Waals surface area (Å²) in [5.74, 6) is 1.09. The Morgan fingerprint density at radius 3 is 2.50 bits per heavy atom. The summed E-state index contributed by atoms with van der Waals surface area (Å²) in [6, 6.07) is 0. The van der Waals surface area contributed by atoms with Gasteiger partial charge in [0.25, 0.3) is 0 Å². The second kappa shape index (κ2) is 5.12. The highest BCUT2D eigenvalue weighted by Gasteiger charge is 2.27. The number of hydrogen-bond acceptors (Lipinski definition) is 2. The molecule has 0 saturated carbocycles. The Bertz CT molecular complexity index is 259. The van der Waals surface area contributed by atoms with E-state index in [1.807, 2.05) is 0 Å². The SMILES string of the molecule is CC(C)CCCCN1CCCS1(=O)=O. The summed E-state index contributed by atoms with van der Waals surface area (Å²) in [6.07, 6.45) is 4.17. The first-order valence-corrected chi connectivity index (χ1v) is 7.11. The van der Waals surface area contributed by atoms with Gasteiger partial charge in [0.2, 0.25) is 10.0 Å². The molecule has 0 unspecified atom stereocenters. The van der Waals surface area contributed by atoms with E-state index >= 15 is 0 Å². The van der Waals surface area contributed by atoms with E-state index in [-0.39, 0.29) is 0 Å². The first-order chi connectivity index (χ1) is 6.52. The largest absolute Gasteiger partial charge is 0.214 e. The van der Waals surface area contributed by atoms with E-state index < -0.39 is 10.0 Å². The molecule has 3 nitrogen and oxygen atoms in total. The topological polar surface area (TPSA) is 37.4 Å². The molecule has 0 aliphatic carbocycles. The molecule has 0 amide bonds. The Hall–Kier alpha value is -0.0900. The molecule has 0 N–H and O–H groups in total. The van der Waals surface area contributed by atoms with Gasteiger partial charge in [-0.1, -0.05) is 26.7 Å². The highest BCUT2D eigenvalue weighted by Crippen LogP contribution is 2.15. The molecule has 0 aromatic carbocycles. The quantitative estimate of drug-likeness (QED) is 0.662. The zero-order valence-electron chi connectivity index (χ0n) is 9.20. The van der Waals surface area contributed by atoms with Crippen LogP contribution in [0, 0.1) is 5.92 Å². The van der Waals surface area contributed by atoms with Crippen molar-refractivity contribution >= 4 is 10.0 Å². The number of rotatable bonds is 5. The molecule has 1 aliphatic rings. The van der Waals surface area contributed by atoms with Crippen LogP contribution in [0.3, 0.4) is 0 Å². The van der Waals surface area contributed by atoms with E-state index in [1.54, 1.807) is 4.31 Å². The summed E-state index contributed by atoms with van der Waals surface area (Å²) >= 11 is 0. The maximum atomic E-state index is 11.4. The maximum Gasteiger partial charge on any atom is 0.214 e. The maximum absolute atomic E-state index is 11.4. The molecule has 0 spiro atoms. The smallest absolute Gasteiger partial charge is 0.212 e. The fourth-order valence-corrected chi connectivity index (χ4v) is 3.35. The Kier molecular flexibility index (Phi) is 4.38. The highest BCUT2D eigenvalue weighted by molar-refractivity contribution is 7.89. The standard InChI is InChI=1S/C10H21NO2S/c1-10(2)6-3-4-7-11-8-5-9-14(11,12)13/h10H,3-9H2,1-2H3. The van der Waals surface area contributed by atoms with Crippen LogP contribution < -0.4 is 0 Å². The van der Waals surface area contributed by atoms with Crippen molar-refractivity contribution in [1.29, 1.82) is 0 Å². The monoisotopic (exact) mass is 219 g/mol. The van der Waals surface area contributed by atoms with Crippen molar-refractivity contribution < 1.29 is 8.42 Å². The second-order valence-corrected chi connectivity index (χ2v) is 6.55. The fourth-order valence-electron chi connectivity index (χ4n) is 1.78. The molecule has 0 aromatic rings. The average molecular weight is 219 g/mol. The Morgan fingerprint density at radius 1 is 1.29 bits per heavy atom. The van der Waals surface area contributed by atoms with Gasteiger partial charge in [-0.2, -0.15) is 0 Å². The lowest BCUT2D eigenvalue weighted by atomic mass is 10.1. The van der Waals surface area contributed by atoms with Gasteiger partial charge in [0.15, 0.2) is 0 Å². The van der Waals surface area contributed by atoms with E-state index in [2.05, 4.69) is 13.8 Å². The van der Waals surface area contributed by atoms with Gasteiger partial charge < -0.3 is 0 Å². The van der Waals surface area contributed by atoms with Crippen molar-refractivity contribution in [2.45, 2.75) is 39.5 Å². The van der Waals surface area contributed by atoms with Crippen molar-refractivity contribution in [2.24, 2.45) is 5.92 Å². The van der Waals surface area contributed by atoms with Crippen LogP contribution in [0.4, 0.5) is 0 Å². The van der Waals surface area contributed by atoms with E-state index in [0.717, 1.165) is 38.3 Å². The summed E-state index contributed by atoms with van der Waals surface area (Å²) < 4.78 is 24.5. The van der Waals surface area contributed by atoms with Gasteiger partial charge in [-0.25, -0.2) is 12.7 Å². The summed E-state index contributed by atoms with van der Waals surface area (Å²) in [7, 11) is -2.85. The van der Waals surface area contributed by atoms with Crippen LogP contribution in [0.15, 0.2) is 0 Å². The lowest BCUT2D eigenvalue weighted by molar-refractivity contribution is 0.417. The lowest BCUT2D eigenvalue weighted by Crippen LogP contribution is -2.26. The number of sulfonamides is 1. The van der Waals surface area contributed by atoms with Gasteiger partial charge in [-0.15, -0.1) is 0 Å². The minimum Gasteiger partial charge on any atom is -0.212 e. The van der Waals surface area contributed by atoms with Crippen LogP contribution in [-0.2, 0) is 10.0 Å². The number of hydrogen-bond donors (Lipinski definition) is 0. The highest BCUT2D eigenvalue weighted by atomic mass is 32.2. The molecular weight excluding hydrogens is 198 g/mol. The zero-order valence-corrected chi connectivity index (χ0v) is 10.0. The molecule has 84 valence electrons. The second-order valence-electron chi connectivity index (χ2n) is 4.46. The predicted molar refractivity (Wildman–Crippen MR) is 58.7 cm³/mol. The predicted octanol–water partition coefficient (Wildman–Crippen LogP) is 1.85. The minimum atomic E-state index is -2.85. The number of nitrogens with zero attached hydrogens (tertiary/aromatic N) is 1. The third-order valence-electron chi connectivity index (χ3n) is 2.64. The molecular formula is C10H21NO2S. The van der Waals surface area contributed by atoms with Gasteiger partial charge in [-0.3, -0.25) is 0 Å². The molecule has 1 saturated heterocycles. The molecule has 0 aromatic heterocycles. The van der Waals surface area contributed by atoms with Gasteiger partial charge in [-0.05, 0) is 18.8 Å². The van der Waals surface area contributed by atoms with E-state index in [1.165, 1.54) is 6.42 Å². The third-order valence-corrected chi connectivity index (χ3v) is 4.60. The fraction of sp³-hybridized carbons (Fsp3) is 1.00. The molecule has 1 heterocycles. The molecule has 0 bridgehead atoms. The summed E-state index contributed by atoms with van der Waals surface area (Å²) in [6.45, 7) is 5.87. The molecule has 1 aliphatic heterocycles. The van der Waals surface area contributed by atoms with Gasteiger partial charge in [0, 0.05) is 13.1 Å². The molecule has 4 heteroatoms. The van der Waals surface area contributed by atoms with Crippen molar-refractivity contribution in [2.75, 3.05) is 18.8 Å². The molecule has 1 rings (SSSR count).